The Hall–Kier alpha value is -0.770. The van der Waals surface area contributed by atoms with Crippen LogP contribution in [0, 0.1) is 0 Å². The minimum absolute atomic E-state index is 0.0762. The lowest BCUT2D eigenvalue weighted by Crippen LogP contribution is -2.33. The molecule has 0 aliphatic rings. The van der Waals surface area contributed by atoms with Gasteiger partial charge >= 0.3 is 5.97 Å². The second-order valence-electron chi connectivity index (χ2n) is 3.79. The van der Waals surface area contributed by atoms with Crippen molar-refractivity contribution in [1.29, 1.82) is 0 Å². The number of rotatable bonds is 6. The summed E-state index contributed by atoms with van der Waals surface area (Å²) in [5, 5.41) is 13.1. The van der Waals surface area contributed by atoms with E-state index in [4.69, 9.17) is 28.3 Å². The first kappa shape index (κ1) is 14.3. The summed E-state index contributed by atoms with van der Waals surface area (Å²) in [4.78, 5) is 10.7. The molecule has 0 fully saturated rings. The Morgan fingerprint density at radius 2 is 2.18 bits per heavy atom. The van der Waals surface area contributed by atoms with Crippen molar-refractivity contribution in [3.8, 4) is 0 Å². The number of carboxylic acids is 1. The molecule has 1 atom stereocenters. The lowest BCUT2D eigenvalue weighted by Gasteiger charge is -2.16. The minimum atomic E-state index is -0.818. The second-order valence-corrected chi connectivity index (χ2v) is 4.64. The molecule has 0 heterocycles. The van der Waals surface area contributed by atoms with Gasteiger partial charge in [-0.1, -0.05) is 36.2 Å². The maximum atomic E-state index is 10.7. The standard InChI is InChI=1S/C12H15Cl2NO2/c1-2-15-10(7-12(16)17)5-8-3-4-9(13)6-11(8)14/h3-4,6,10,15H,2,5,7H2,1H3,(H,16,17). The Morgan fingerprint density at radius 1 is 1.47 bits per heavy atom. The normalized spacial score (nSPS) is 12.4. The molecule has 1 rings (SSSR count). The fourth-order valence-electron chi connectivity index (χ4n) is 1.67. The van der Waals surface area contributed by atoms with E-state index in [0.717, 1.165) is 12.1 Å². The van der Waals surface area contributed by atoms with E-state index in [2.05, 4.69) is 5.32 Å². The summed E-state index contributed by atoms with van der Waals surface area (Å²) < 4.78 is 0. The fraction of sp³-hybridized carbons (Fsp3) is 0.417. The van der Waals surface area contributed by atoms with Gasteiger partial charge in [-0.2, -0.15) is 0 Å². The van der Waals surface area contributed by atoms with Crippen molar-refractivity contribution < 1.29 is 9.90 Å². The smallest absolute Gasteiger partial charge is 0.304 e. The van der Waals surface area contributed by atoms with Gasteiger partial charge in [0, 0.05) is 16.1 Å². The molecule has 0 bridgehead atoms. The summed E-state index contributed by atoms with van der Waals surface area (Å²) in [5.41, 5.74) is 0.906. The number of aliphatic carboxylic acids is 1. The fourth-order valence-corrected chi connectivity index (χ4v) is 2.15. The average Bonchev–Trinajstić information content (AvgIpc) is 2.21. The van der Waals surface area contributed by atoms with Gasteiger partial charge in [0.1, 0.15) is 0 Å². The molecule has 1 aromatic rings. The van der Waals surface area contributed by atoms with E-state index in [9.17, 15) is 4.79 Å². The van der Waals surface area contributed by atoms with Gasteiger partial charge in [-0.05, 0) is 30.7 Å². The first-order chi connectivity index (χ1) is 8.02. The van der Waals surface area contributed by atoms with Crippen molar-refractivity contribution >= 4 is 29.2 Å². The Labute approximate surface area is 111 Å². The third kappa shape index (κ3) is 4.94. The van der Waals surface area contributed by atoms with Crippen LogP contribution < -0.4 is 5.32 Å². The van der Waals surface area contributed by atoms with Crippen LogP contribution in [0.5, 0.6) is 0 Å². The van der Waals surface area contributed by atoms with Gasteiger partial charge in [0.15, 0.2) is 0 Å². The zero-order valence-electron chi connectivity index (χ0n) is 9.54. The van der Waals surface area contributed by atoms with E-state index in [1.54, 1.807) is 12.1 Å². The van der Waals surface area contributed by atoms with Crippen molar-refractivity contribution in [2.24, 2.45) is 0 Å². The van der Waals surface area contributed by atoms with Crippen LogP contribution in [0.2, 0.25) is 10.0 Å². The number of carbonyl (C=O) groups is 1. The van der Waals surface area contributed by atoms with E-state index in [1.807, 2.05) is 13.0 Å². The number of hydrogen-bond donors (Lipinski definition) is 2. The van der Waals surface area contributed by atoms with Crippen LogP contribution in [-0.4, -0.2) is 23.7 Å². The predicted molar refractivity (Wildman–Crippen MR) is 69.9 cm³/mol. The molecule has 0 radical (unpaired) electrons. The topological polar surface area (TPSA) is 49.3 Å². The molecule has 3 nitrogen and oxygen atoms in total. The van der Waals surface area contributed by atoms with Crippen molar-refractivity contribution in [3.63, 3.8) is 0 Å². The number of benzene rings is 1. The van der Waals surface area contributed by atoms with Crippen LogP contribution >= 0.6 is 23.2 Å². The van der Waals surface area contributed by atoms with Gasteiger partial charge in [0.25, 0.3) is 0 Å². The Kier molecular flexibility index (Phi) is 5.75. The molecule has 17 heavy (non-hydrogen) atoms. The number of likely N-dealkylation sites (N-methyl/N-ethyl adjacent to an activating group) is 1. The molecule has 0 saturated heterocycles. The molecule has 0 aromatic heterocycles. The molecule has 0 aliphatic heterocycles. The SMILES string of the molecule is CCNC(CC(=O)O)Cc1ccc(Cl)cc1Cl. The summed E-state index contributed by atoms with van der Waals surface area (Å²) in [7, 11) is 0. The molecule has 94 valence electrons. The van der Waals surface area contributed by atoms with Crippen LogP contribution in [0.3, 0.4) is 0 Å². The summed E-state index contributed by atoms with van der Waals surface area (Å²) in [6, 6.07) is 5.14. The second kappa shape index (κ2) is 6.84. The molecule has 5 heteroatoms. The monoisotopic (exact) mass is 275 g/mol. The lowest BCUT2D eigenvalue weighted by molar-refractivity contribution is -0.137. The Balaban J connectivity index is 2.74. The number of carboxylic acid groups (broad SMARTS) is 1. The van der Waals surface area contributed by atoms with Crippen molar-refractivity contribution in [2.45, 2.75) is 25.8 Å². The minimum Gasteiger partial charge on any atom is -0.481 e. The van der Waals surface area contributed by atoms with Crippen molar-refractivity contribution in [1.82, 2.24) is 5.32 Å². The highest BCUT2D eigenvalue weighted by Gasteiger charge is 2.14. The highest BCUT2D eigenvalue weighted by molar-refractivity contribution is 6.35. The summed E-state index contributed by atoms with van der Waals surface area (Å²) in [6.07, 6.45) is 0.656. The van der Waals surface area contributed by atoms with Crippen LogP contribution in [0.25, 0.3) is 0 Å². The largest absolute Gasteiger partial charge is 0.481 e. The summed E-state index contributed by atoms with van der Waals surface area (Å²) in [6.45, 7) is 2.67. The summed E-state index contributed by atoms with van der Waals surface area (Å²) >= 11 is 11.9. The van der Waals surface area contributed by atoms with E-state index in [0.29, 0.717) is 16.5 Å². The zero-order chi connectivity index (χ0) is 12.8. The Morgan fingerprint density at radius 3 is 2.71 bits per heavy atom. The van der Waals surface area contributed by atoms with Gasteiger partial charge in [0.05, 0.1) is 6.42 Å². The van der Waals surface area contributed by atoms with Gasteiger partial charge in [0.2, 0.25) is 0 Å². The molecular weight excluding hydrogens is 261 g/mol. The van der Waals surface area contributed by atoms with Gasteiger partial charge in [-0.3, -0.25) is 4.79 Å². The van der Waals surface area contributed by atoms with Crippen LogP contribution in [0.15, 0.2) is 18.2 Å². The van der Waals surface area contributed by atoms with Gasteiger partial charge < -0.3 is 10.4 Å². The Bertz CT molecular complexity index is 396. The predicted octanol–water partition coefficient (Wildman–Crippen LogP) is 2.99. The number of nitrogens with one attached hydrogen (secondary N) is 1. The summed E-state index contributed by atoms with van der Waals surface area (Å²) in [5.74, 6) is -0.818. The van der Waals surface area contributed by atoms with Crippen LogP contribution in [-0.2, 0) is 11.2 Å². The van der Waals surface area contributed by atoms with Crippen LogP contribution in [0.4, 0.5) is 0 Å². The molecular formula is C12H15Cl2NO2. The molecule has 1 aromatic carbocycles. The maximum absolute atomic E-state index is 10.7. The average molecular weight is 276 g/mol. The zero-order valence-corrected chi connectivity index (χ0v) is 11.1. The van der Waals surface area contributed by atoms with E-state index < -0.39 is 5.97 Å². The highest BCUT2D eigenvalue weighted by atomic mass is 35.5. The van der Waals surface area contributed by atoms with Crippen molar-refractivity contribution in [3.05, 3.63) is 33.8 Å². The molecule has 0 saturated carbocycles. The molecule has 0 amide bonds. The first-order valence-electron chi connectivity index (χ1n) is 5.42. The van der Waals surface area contributed by atoms with E-state index in [1.165, 1.54) is 0 Å². The maximum Gasteiger partial charge on any atom is 0.304 e. The molecule has 2 N–H and O–H groups in total. The quantitative estimate of drug-likeness (QED) is 0.839. The molecule has 1 unspecified atom stereocenters. The highest BCUT2D eigenvalue weighted by Crippen LogP contribution is 2.22. The van der Waals surface area contributed by atoms with E-state index >= 15 is 0 Å². The molecule has 0 aliphatic carbocycles. The third-order valence-corrected chi connectivity index (χ3v) is 2.98. The van der Waals surface area contributed by atoms with Gasteiger partial charge in [-0.15, -0.1) is 0 Å². The van der Waals surface area contributed by atoms with E-state index in [-0.39, 0.29) is 12.5 Å². The number of halogens is 2. The third-order valence-electron chi connectivity index (χ3n) is 2.40. The van der Waals surface area contributed by atoms with Crippen molar-refractivity contribution in [2.75, 3.05) is 6.54 Å². The molecule has 0 spiro atoms. The first-order valence-corrected chi connectivity index (χ1v) is 6.17. The van der Waals surface area contributed by atoms with Gasteiger partial charge in [-0.25, -0.2) is 0 Å². The lowest BCUT2D eigenvalue weighted by atomic mass is 10.0. The number of hydrogen-bond acceptors (Lipinski definition) is 2. The van der Waals surface area contributed by atoms with Crippen LogP contribution in [0.1, 0.15) is 18.9 Å².